The average Bonchev–Trinajstić information content (AvgIpc) is 3.13. The number of methoxy groups -OCH3 is 1. The predicted octanol–water partition coefficient (Wildman–Crippen LogP) is 3.09. The van der Waals surface area contributed by atoms with Crippen LogP contribution in [0.3, 0.4) is 0 Å². The maximum absolute atomic E-state index is 12.7. The van der Waals surface area contributed by atoms with E-state index < -0.39 is 36.3 Å². The summed E-state index contributed by atoms with van der Waals surface area (Å²) in [5, 5.41) is 2.67. The van der Waals surface area contributed by atoms with Crippen LogP contribution in [0.1, 0.15) is 55.8 Å². The first-order valence-electron chi connectivity index (χ1n) is 10.7. The second-order valence-electron chi connectivity index (χ2n) is 7.38. The minimum atomic E-state index is -0.945. The number of thioether (sulfide) groups is 1. The van der Waals surface area contributed by atoms with E-state index in [1.807, 2.05) is 6.26 Å². The summed E-state index contributed by atoms with van der Waals surface area (Å²) in [6.07, 6.45) is 2.20. The van der Waals surface area contributed by atoms with Crippen molar-refractivity contribution >= 4 is 35.4 Å². The molecule has 0 saturated carbocycles. The highest BCUT2D eigenvalue weighted by molar-refractivity contribution is 7.98. The van der Waals surface area contributed by atoms with E-state index in [0.29, 0.717) is 34.7 Å². The van der Waals surface area contributed by atoms with Crippen LogP contribution < -0.4 is 10.1 Å². The third kappa shape index (κ3) is 6.63. The van der Waals surface area contributed by atoms with E-state index in [1.165, 1.54) is 18.9 Å². The maximum Gasteiger partial charge on any atom is 0.340 e. The van der Waals surface area contributed by atoms with Crippen molar-refractivity contribution in [3.8, 4) is 5.75 Å². The molecule has 2 N–H and O–H groups in total. The van der Waals surface area contributed by atoms with Crippen molar-refractivity contribution in [3.05, 3.63) is 52.3 Å². The SMILES string of the molecule is CCOC(=O)c1c(C)[nH]c(C(=O)COC(=O)[C@@H](CCSC)NC(=O)c2ccccc2OC)c1C. The smallest absolute Gasteiger partial charge is 0.340 e. The van der Waals surface area contributed by atoms with Gasteiger partial charge in [0.2, 0.25) is 5.78 Å². The number of aryl methyl sites for hydroxylation is 1. The van der Waals surface area contributed by atoms with Gasteiger partial charge in [0.25, 0.3) is 5.91 Å². The first-order chi connectivity index (χ1) is 16.2. The number of hydrogen-bond acceptors (Lipinski definition) is 8. The van der Waals surface area contributed by atoms with Crippen molar-refractivity contribution in [1.82, 2.24) is 10.3 Å². The number of para-hydroxylation sites is 1. The van der Waals surface area contributed by atoms with E-state index in [0.717, 1.165) is 0 Å². The summed E-state index contributed by atoms with van der Waals surface area (Å²) < 4.78 is 15.5. The number of carbonyl (C=O) groups excluding carboxylic acids is 4. The fraction of sp³-hybridized carbons (Fsp3) is 0.417. The summed E-state index contributed by atoms with van der Waals surface area (Å²) in [4.78, 5) is 53.2. The molecule has 0 saturated heterocycles. The van der Waals surface area contributed by atoms with Crippen molar-refractivity contribution in [3.63, 3.8) is 0 Å². The second kappa shape index (κ2) is 12.8. The van der Waals surface area contributed by atoms with Crippen LogP contribution in [0, 0.1) is 13.8 Å². The Labute approximate surface area is 202 Å². The molecule has 1 aromatic carbocycles. The quantitative estimate of drug-likeness (QED) is 0.344. The van der Waals surface area contributed by atoms with Crippen molar-refractivity contribution in [2.75, 3.05) is 32.3 Å². The number of Topliss-reactive ketones (excluding diaryl/α,β-unsaturated/α-hetero) is 1. The molecule has 34 heavy (non-hydrogen) atoms. The van der Waals surface area contributed by atoms with Gasteiger partial charge in [0.05, 0.1) is 30.5 Å². The number of amides is 1. The fourth-order valence-electron chi connectivity index (χ4n) is 3.40. The van der Waals surface area contributed by atoms with Crippen molar-refractivity contribution < 1.29 is 33.4 Å². The van der Waals surface area contributed by atoms with Crippen LogP contribution in [-0.2, 0) is 14.3 Å². The Bertz CT molecular complexity index is 1050. The summed E-state index contributed by atoms with van der Waals surface area (Å²) in [6.45, 7) is 4.65. The van der Waals surface area contributed by atoms with Crippen LogP contribution in [-0.4, -0.2) is 67.0 Å². The monoisotopic (exact) mass is 490 g/mol. The fourth-order valence-corrected chi connectivity index (χ4v) is 3.87. The number of hydrogen-bond donors (Lipinski definition) is 2. The molecule has 184 valence electrons. The van der Waals surface area contributed by atoms with Crippen LogP contribution in [0.2, 0.25) is 0 Å². The molecule has 0 bridgehead atoms. The van der Waals surface area contributed by atoms with E-state index in [9.17, 15) is 19.2 Å². The number of aromatic amines is 1. The molecule has 2 rings (SSSR count). The summed E-state index contributed by atoms with van der Waals surface area (Å²) in [5.74, 6) is -1.26. The third-order valence-corrected chi connectivity index (χ3v) is 5.74. The van der Waals surface area contributed by atoms with Crippen LogP contribution in [0.5, 0.6) is 5.75 Å². The molecular formula is C24H30N2O7S. The van der Waals surface area contributed by atoms with Gasteiger partial charge >= 0.3 is 11.9 Å². The lowest BCUT2D eigenvalue weighted by atomic mass is 10.1. The van der Waals surface area contributed by atoms with E-state index in [1.54, 1.807) is 45.0 Å². The number of ketones is 1. The summed E-state index contributed by atoms with van der Waals surface area (Å²) in [5.41, 5.74) is 1.67. The normalized spacial score (nSPS) is 11.4. The number of rotatable bonds is 12. The number of carbonyl (C=O) groups is 4. The van der Waals surface area contributed by atoms with Gasteiger partial charge < -0.3 is 24.5 Å². The van der Waals surface area contributed by atoms with Crippen LogP contribution in [0.4, 0.5) is 0 Å². The van der Waals surface area contributed by atoms with Gasteiger partial charge in [0.1, 0.15) is 11.8 Å². The highest BCUT2D eigenvalue weighted by atomic mass is 32.2. The summed E-state index contributed by atoms with van der Waals surface area (Å²) in [7, 11) is 1.45. The Hall–Kier alpha value is -3.27. The Morgan fingerprint density at radius 1 is 1.12 bits per heavy atom. The summed E-state index contributed by atoms with van der Waals surface area (Å²) >= 11 is 1.51. The van der Waals surface area contributed by atoms with Crippen LogP contribution in [0.15, 0.2) is 24.3 Å². The first kappa shape index (κ1) is 27.0. The molecule has 1 heterocycles. The predicted molar refractivity (Wildman–Crippen MR) is 129 cm³/mol. The lowest BCUT2D eigenvalue weighted by Gasteiger charge is -2.18. The minimum absolute atomic E-state index is 0.173. The largest absolute Gasteiger partial charge is 0.496 e. The molecule has 0 aliphatic heterocycles. The molecule has 0 aliphatic carbocycles. The molecule has 1 aromatic heterocycles. The number of ether oxygens (including phenoxy) is 3. The van der Waals surface area contributed by atoms with Gasteiger partial charge in [-0.3, -0.25) is 9.59 Å². The molecule has 2 aromatic rings. The Morgan fingerprint density at radius 2 is 1.82 bits per heavy atom. The number of H-pyrrole nitrogens is 1. The molecule has 9 nitrogen and oxygen atoms in total. The Kier molecular flexibility index (Phi) is 10.2. The average molecular weight is 491 g/mol. The Balaban J connectivity index is 2.10. The lowest BCUT2D eigenvalue weighted by molar-refractivity contribution is -0.144. The number of aromatic nitrogens is 1. The molecule has 0 spiro atoms. The molecular weight excluding hydrogens is 460 g/mol. The first-order valence-corrected chi connectivity index (χ1v) is 12.1. The number of esters is 2. The Morgan fingerprint density at radius 3 is 2.47 bits per heavy atom. The van der Waals surface area contributed by atoms with Gasteiger partial charge in [-0.15, -0.1) is 0 Å². The molecule has 0 aliphatic rings. The molecule has 0 unspecified atom stereocenters. The van der Waals surface area contributed by atoms with E-state index in [2.05, 4.69) is 10.3 Å². The van der Waals surface area contributed by atoms with Gasteiger partial charge in [-0.1, -0.05) is 12.1 Å². The molecule has 10 heteroatoms. The molecule has 1 amide bonds. The van der Waals surface area contributed by atoms with Gasteiger partial charge in [0, 0.05) is 5.69 Å². The zero-order valence-electron chi connectivity index (χ0n) is 20.0. The zero-order valence-corrected chi connectivity index (χ0v) is 20.8. The second-order valence-corrected chi connectivity index (χ2v) is 8.37. The van der Waals surface area contributed by atoms with Gasteiger partial charge in [-0.25, -0.2) is 9.59 Å². The number of benzene rings is 1. The summed E-state index contributed by atoms with van der Waals surface area (Å²) in [6, 6.07) is 5.72. The standard InChI is InChI=1S/C24H30N2O7S/c1-6-32-24(30)20-14(2)21(25-15(20)3)18(27)13-33-23(29)17(11-12-34-5)26-22(28)16-9-7-8-10-19(16)31-4/h7-10,17,25H,6,11-13H2,1-5H3,(H,26,28)/t17-/m1/s1. The highest BCUT2D eigenvalue weighted by Crippen LogP contribution is 2.20. The van der Waals surface area contributed by atoms with Crippen molar-refractivity contribution in [2.24, 2.45) is 0 Å². The topological polar surface area (TPSA) is 124 Å². The van der Waals surface area contributed by atoms with E-state index >= 15 is 0 Å². The van der Waals surface area contributed by atoms with Gasteiger partial charge in [0.15, 0.2) is 6.61 Å². The molecule has 1 atom stereocenters. The lowest BCUT2D eigenvalue weighted by Crippen LogP contribution is -2.43. The third-order valence-electron chi connectivity index (χ3n) is 5.09. The highest BCUT2D eigenvalue weighted by Gasteiger charge is 2.27. The van der Waals surface area contributed by atoms with Crippen LogP contribution >= 0.6 is 11.8 Å². The van der Waals surface area contributed by atoms with Crippen molar-refractivity contribution in [1.29, 1.82) is 0 Å². The van der Waals surface area contributed by atoms with Crippen LogP contribution in [0.25, 0.3) is 0 Å². The minimum Gasteiger partial charge on any atom is -0.496 e. The van der Waals surface area contributed by atoms with Crippen molar-refractivity contribution in [2.45, 2.75) is 33.2 Å². The van der Waals surface area contributed by atoms with E-state index in [-0.39, 0.29) is 17.9 Å². The zero-order chi connectivity index (χ0) is 25.3. The maximum atomic E-state index is 12.7. The molecule has 0 radical (unpaired) electrons. The molecule has 0 fully saturated rings. The van der Waals surface area contributed by atoms with Gasteiger partial charge in [-0.05, 0) is 56.9 Å². The van der Waals surface area contributed by atoms with Gasteiger partial charge in [-0.2, -0.15) is 11.8 Å². The number of nitrogens with one attached hydrogen (secondary N) is 2. The van der Waals surface area contributed by atoms with E-state index in [4.69, 9.17) is 14.2 Å².